The minimum absolute atomic E-state index is 0.704. The third-order valence-corrected chi connectivity index (χ3v) is 5.10. The van der Waals surface area contributed by atoms with Crippen molar-refractivity contribution in [3.63, 3.8) is 0 Å². The van der Waals surface area contributed by atoms with E-state index in [1.165, 1.54) is 32.5 Å². The largest absolute Gasteiger partial charge is 0.311 e. The van der Waals surface area contributed by atoms with Crippen LogP contribution in [0.5, 0.6) is 0 Å². The third kappa shape index (κ3) is 5.04. The Labute approximate surface area is 127 Å². The molecule has 0 bridgehead atoms. The van der Waals surface area contributed by atoms with E-state index in [0.29, 0.717) is 12.1 Å². The van der Waals surface area contributed by atoms with Gasteiger partial charge in [-0.3, -0.25) is 4.90 Å². The second kappa shape index (κ2) is 8.38. The van der Waals surface area contributed by atoms with Gasteiger partial charge in [-0.05, 0) is 30.1 Å². The summed E-state index contributed by atoms with van der Waals surface area (Å²) in [4.78, 5) is 2.80. The Bertz CT molecular complexity index is 252. The van der Waals surface area contributed by atoms with Gasteiger partial charge in [-0.1, -0.05) is 54.9 Å². The van der Waals surface area contributed by atoms with Crippen LogP contribution < -0.4 is 5.32 Å². The predicted molar refractivity (Wildman–Crippen MR) is 90.1 cm³/mol. The van der Waals surface area contributed by atoms with E-state index >= 15 is 0 Å². The van der Waals surface area contributed by atoms with Gasteiger partial charge in [0.1, 0.15) is 0 Å². The summed E-state index contributed by atoms with van der Waals surface area (Å²) in [5.41, 5.74) is 0. The molecule has 1 rings (SSSR count). The van der Waals surface area contributed by atoms with E-state index in [-0.39, 0.29) is 0 Å². The van der Waals surface area contributed by atoms with Crippen LogP contribution in [0.3, 0.4) is 0 Å². The summed E-state index contributed by atoms with van der Waals surface area (Å²) in [5, 5.41) is 3.77. The van der Waals surface area contributed by atoms with E-state index in [4.69, 9.17) is 0 Å². The summed E-state index contributed by atoms with van der Waals surface area (Å²) in [7, 11) is 0. The molecule has 120 valence electrons. The van der Waals surface area contributed by atoms with Crippen LogP contribution in [-0.4, -0.2) is 36.6 Å². The van der Waals surface area contributed by atoms with Crippen molar-refractivity contribution >= 4 is 0 Å². The van der Waals surface area contributed by atoms with Gasteiger partial charge in [0.25, 0.3) is 0 Å². The van der Waals surface area contributed by atoms with Gasteiger partial charge in [-0.15, -0.1) is 0 Å². The maximum atomic E-state index is 3.77. The summed E-state index contributed by atoms with van der Waals surface area (Å²) < 4.78 is 0. The van der Waals surface area contributed by atoms with Crippen LogP contribution in [-0.2, 0) is 0 Å². The summed E-state index contributed by atoms with van der Waals surface area (Å²) in [6.07, 6.45) is 2.60. The van der Waals surface area contributed by atoms with Gasteiger partial charge in [-0.25, -0.2) is 0 Å². The molecule has 0 spiro atoms. The SMILES string of the molecule is CCCC1CN(CC(C(C)C)C(C)C)C(C(C)C)CN1. The molecule has 1 aliphatic heterocycles. The molecular weight excluding hydrogens is 244 g/mol. The number of rotatable bonds is 7. The van der Waals surface area contributed by atoms with Crippen LogP contribution in [0.1, 0.15) is 61.3 Å². The van der Waals surface area contributed by atoms with Gasteiger partial charge >= 0.3 is 0 Å². The van der Waals surface area contributed by atoms with Gasteiger partial charge in [0, 0.05) is 31.7 Å². The summed E-state index contributed by atoms with van der Waals surface area (Å²) in [5.74, 6) is 3.12. The minimum atomic E-state index is 0.704. The first-order valence-corrected chi connectivity index (χ1v) is 8.84. The maximum absolute atomic E-state index is 3.77. The molecule has 1 N–H and O–H groups in total. The highest BCUT2D eigenvalue weighted by atomic mass is 15.2. The number of nitrogens with zero attached hydrogens (tertiary/aromatic N) is 1. The van der Waals surface area contributed by atoms with Crippen LogP contribution in [0.2, 0.25) is 0 Å². The van der Waals surface area contributed by atoms with Crippen LogP contribution in [0.4, 0.5) is 0 Å². The fourth-order valence-corrected chi connectivity index (χ4v) is 3.77. The van der Waals surface area contributed by atoms with Crippen molar-refractivity contribution in [3.05, 3.63) is 0 Å². The Balaban J connectivity index is 2.72. The molecule has 1 fully saturated rings. The molecule has 0 aromatic heterocycles. The highest BCUT2D eigenvalue weighted by molar-refractivity contribution is 4.89. The molecular formula is C18H38N2. The van der Waals surface area contributed by atoms with Crippen molar-refractivity contribution in [3.8, 4) is 0 Å². The second-order valence-electron chi connectivity index (χ2n) is 7.81. The van der Waals surface area contributed by atoms with E-state index in [0.717, 1.165) is 23.7 Å². The summed E-state index contributed by atoms with van der Waals surface area (Å²) in [6.45, 7) is 20.3. The van der Waals surface area contributed by atoms with Gasteiger partial charge < -0.3 is 5.32 Å². The van der Waals surface area contributed by atoms with Gasteiger partial charge in [-0.2, -0.15) is 0 Å². The highest BCUT2D eigenvalue weighted by Gasteiger charge is 2.32. The fraction of sp³-hybridized carbons (Fsp3) is 1.00. The average molecular weight is 283 g/mol. The lowest BCUT2D eigenvalue weighted by Crippen LogP contribution is -2.59. The Morgan fingerprint density at radius 3 is 2.10 bits per heavy atom. The summed E-state index contributed by atoms with van der Waals surface area (Å²) >= 11 is 0. The normalized spacial score (nSPS) is 25.4. The lowest BCUT2D eigenvalue weighted by molar-refractivity contribution is 0.0592. The predicted octanol–water partition coefficient (Wildman–Crippen LogP) is 4.01. The lowest BCUT2D eigenvalue weighted by Gasteiger charge is -2.45. The molecule has 0 amide bonds. The van der Waals surface area contributed by atoms with Crippen LogP contribution in [0, 0.1) is 23.7 Å². The molecule has 0 saturated carbocycles. The molecule has 0 radical (unpaired) electrons. The zero-order valence-electron chi connectivity index (χ0n) is 14.9. The number of nitrogens with one attached hydrogen (secondary N) is 1. The number of hydrogen-bond donors (Lipinski definition) is 1. The van der Waals surface area contributed by atoms with Crippen molar-refractivity contribution < 1.29 is 0 Å². The molecule has 2 heteroatoms. The standard InChI is InChI=1S/C18H38N2/c1-8-9-16-11-20(18(10-19-16)15(6)7)12-17(13(2)3)14(4)5/h13-19H,8-12H2,1-7H3. The van der Waals surface area contributed by atoms with E-state index in [1.807, 2.05) is 0 Å². The fourth-order valence-electron chi connectivity index (χ4n) is 3.77. The molecule has 1 heterocycles. The Morgan fingerprint density at radius 1 is 1.05 bits per heavy atom. The Hall–Kier alpha value is -0.0800. The van der Waals surface area contributed by atoms with Crippen molar-refractivity contribution in [2.24, 2.45) is 23.7 Å². The second-order valence-corrected chi connectivity index (χ2v) is 7.81. The quantitative estimate of drug-likeness (QED) is 0.759. The molecule has 20 heavy (non-hydrogen) atoms. The van der Waals surface area contributed by atoms with Crippen molar-refractivity contribution in [1.82, 2.24) is 10.2 Å². The molecule has 2 nitrogen and oxygen atoms in total. The average Bonchev–Trinajstić information content (AvgIpc) is 2.35. The van der Waals surface area contributed by atoms with Crippen LogP contribution in [0.15, 0.2) is 0 Å². The Morgan fingerprint density at radius 2 is 1.65 bits per heavy atom. The van der Waals surface area contributed by atoms with E-state index in [9.17, 15) is 0 Å². The molecule has 1 saturated heterocycles. The van der Waals surface area contributed by atoms with Crippen LogP contribution >= 0.6 is 0 Å². The molecule has 2 unspecified atom stereocenters. The van der Waals surface area contributed by atoms with Gasteiger partial charge in [0.05, 0.1) is 0 Å². The molecule has 0 aromatic carbocycles. The smallest absolute Gasteiger partial charge is 0.0244 e. The Kier molecular flexibility index (Phi) is 7.53. The van der Waals surface area contributed by atoms with E-state index in [1.54, 1.807) is 0 Å². The van der Waals surface area contributed by atoms with Gasteiger partial charge in [0.2, 0.25) is 0 Å². The van der Waals surface area contributed by atoms with Crippen molar-refractivity contribution in [1.29, 1.82) is 0 Å². The van der Waals surface area contributed by atoms with Crippen molar-refractivity contribution in [2.75, 3.05) is 19.6 Å². The summed E-state index contributed by atoms with van der Waals surface area (Å²) in [6, 6.07) is 1.41. The maximum Gasteiger partial charge on any atom is 0.0244 e. The first-order chi connectivity index (χ1) is 9.36. The first kappa shape index (κ1) is 18.0. The first-order valence-electron chi connectivity index (χ1n) is 8.84. The highest BCUT2D eigenvalue weighted by Crippen LogP contribution is 2.25. The number of piperazine rings is 1. The molecule has 1 aliphatic rings. The molecule has 2 atom stereocenters. The monoisotopic (exact) mass is 282 g/mol. The zero-order chi connectivity index (χ0) is 15.3. The zero-order valence-corrected chi connectivity index (χ0v) is 14.9. The van der Waals surface area contributed by atoms with E-state index < -0.39 is 0 Å². The van der Waals surface area contributed by atoms with Crippen molar-refractivity contribution in [2.45, 2.75) is 73.4 Å². The third-order valence-electron chi connectivity index (χ3n) is 5.10. The number of hydrogen-bond acceptors (Lipinski definition) is 2. The van der Waals surface area contributed by atoms with Gasteiger partial charge in [0.15, 0.2) is 0 Å². The molecule has 0 aliphatic carbocycles. The minimum Gasteiger partial charge on any atom is -0.311 e. The topological polar surface area (TPSA) is 15.3 Å². The lowest BCUT2D eigenvalue weighted by atomic mass is 9.84. The van der Waals surface area contributed by atoms with E-state index in [2.05, 4.69) is 58.7 Å². The molecule has 0 aromatic rings. The van der Waals surface area contributed by atoms with Crippen LogP contribution in [0.25, 0.3) is 0 Å².